The first kappa shape index (κ1) is 55.1. The average molecular weight is 1120 g/mol. The number of aliphatic hydroxyl groups is 1. The van der Waals surface area contributed by atoms with Crippen LogP contribution in [0.15, 0.2) is 136 Å². The number of sulfone groups is 1. The fraction of sp³-hybridized carbons (Fsp3) is 0.364. The van der Waals surface area contributed by atoms with Gasteiger partial charge in [-0.3, -0.25) is 14.0 Å². The highest BCUT2D eigenvalue weighted by Crippen LogP contribution is 2.56. The largest absolute Gasteiger partial charge is 0.501 e. The standard InChI is InChI=1S/C55H60ClF3N7O7PS2/c1-37(2)66-38(3)51(54(68)61-69)52(53(66)39-12-14-41(56)15-13-39)40-8-7-9-45(34-40)64-30-28-63(29-31-64)43-16-18-44(19-17-43)65-32-33-73-74(65,70)47-20-21-49(50(35-47)76(71,72)55(57,58)59)60-42(36-75-48-10-5-4-6-11-48)22-25-62-26-23-46(67)24-27-62/h4-21,34-35,37,42,46,60,67H,22-33,36H2,1-3H3/t42-,74-/m1/s1. The number of aliphatic hydroxyl groups excluding tert-OH is 1. The van der Waals surface area contributed by atoms with E-state index in [-0.39, 0.29) is 41.9 Å². The van der Waals surface area contributed by atoms with Gasteiger partial charge in [0.15, 0.2) is 0 Å². The monoisotopic (exact) mass is 1120 g/mol. The van der Waals surface area contributed by atoms with Crippen molar-refractivity contribution < 1.29 is 40.6 Å². The molecule has 0 spiro atoms. The number of hydrogen-bond acceptors (Lipinski definition) is 12. The molecule has 402 valence electrons. The van der Waals surface area contributed by atoms with Crippen molar-refractivity contribution >= 4 is 74.7 Å². The molecular formula is C55H60ClF3N7O7PS2. The van der Waals surface area contributed by atoms with Crippen LogP contribution in [0.4, 0.5) is 35.9 Å². The van der Waals surface area contributed by atoms with E-state index in [9.17, 15) is 41.0 Å². The molecular weight excluding hydrogens is 1060 g/mol. The molecule has 3 aliphatic rings. The third kappa shape index (κ3) is 11.6. The number of amides is 1. The van der Waals surface area contributed by atoms with E-state index in [0.717, 1.165) is 39.2 Å². The van der Waals surface area contributed by atoms with Gasteiger partial charge in [0.25, 0.3) is 9.84 Å². The molecule has 3 aliphatic heterocycles. The molecule has 0 unspecified atom stereocenters. The van der Waals surface area contributed by atoms with Gasteiger partial charge in [-0.2, -0.15) is 13.2 Å². The smallest absolute Gasteiger partial charge is 0.393 e. The number of piperazine rings is 1. The number of halogens is 4. The van der Waals surface area contributed by atoms with Crippen LogP contribution in [-0.4, -0.2) is 111 Å². The van der Waals surface area contributed by atoms with Gasteiger partial charge in [0.05, 0.1) is 41.5 Å². The summed E-state index contributed by atoms with van der Waals surface area (Å²) in [6.45, 7) is 10.5. The highest BCUT2D eigenvalue weighted by molar-refractivity contribution is 7.99. The van der Waals surface area contributed by atoms with Gasteiger partial charge >= 0.3 is 18.9 Å². The van der Waals surface area contributed by atoms with Gasteiger partial charge in [-0.05, 0) is 130 Å². The van der Waals surface area contributed by atoms with E-state index in [0.29, 0.717) is 92.8 Å². The maximum atomic E-state index is 15.0. The number of anilines is 4. The van der Waals surface area contributed by atoms with E-state index < -0.39 is 39.7 Å². The molecule has 1 amide bonds. The predicted molar refractivity (Wildman–Crippen MR) is 298 cm³/mol. The normalized spacial score (nSPS) is 18.4. The van der Waals surface area contributed by atoms with Crippen LogP contribution in [0.1, 0.15) is 55.2 Å². The molecule has 0 aliphatic carbocycles. The zero-order chi connectivity index (χ0) is 53.9. The summed E-state index contributed by atoms with van der Waals surface area (Å²) in [4.78, 5) is 31.7. The number of nitroso groups, excluding NO2 is 1. The molecule has 21 heteroatoms. The molecule has 3 saturated heterocycles. The average Bonchev–Trinajstić information content (AvgIpc) is 3.99. The van der Waals surface area contributed by atoms with Gasteiger partial charge in [0.2, 0.25) is 0 Å². The van der Waals surface area contributed by atoms with Crippen molar-refractivity contribution in [1.29, 1.82) is 0 Å². The Balaban J connectivity index is 0.927. The van der Waals surface area contributed by atoms with E-state index in [1.54, 1.807) is 24.3 Å². The van der Waals surface area contributed by atoms with Crippen molar-refractivity contribution in [2.75, 3.05) is 84.5 Å². The third-order valence-corrected chi connectivity index (χ3v) is 19.8. The lowest BCUT2D eigenvalue weighted by atomic mass is 9.96. The molecule has 5 aromatic carbocycles. The molecule has 3 fully saturated rings. The van der Waals surface area contributed by atoms with Crippen molar-refractivity contribution in [2.24, 2.45) is 5.18 Å². The number of hydrogen-bond donors (Lipinski definition) is 2. The molecule has 76 heavy (non-hydrogen) atoms. The Morgan fingerprint density at radius 1 is 0.842 bits per heavy atom. The van der Waals surface area contributed by atoms with Crippen LogP contribution in [0, 0.1) is 11.8 Å². The minimum absolute atomic E-state index is 0.00689. The number of thioether (sulfide) groups is 1. The van der Waals surface area contributed by atoms with Gasteiger partial charge in [-0.1, -0.05) is 54.1 Å². The molecule has 1 aromatic heterocycles. The van der Waals surface area contributed by atoms with Crippen molar-refractivity contribution in [2.45, 2.75) is 73.5 Å². The van der Waals surface area contributed by atoms with Crippen LogP contribution in [0.25, 0.3) is 22.4 Å². The van der Waals surface area contributed by atoms with Crippen LogP contribution >= 0.6 is 30.9 Å². The minimum atomic E-state index is -5.94. The number of nitrogens with one attached hydrogen (secondary N) is 1. The van der Waals surface area contributed by atoms with Crippen molar-refractivity contribution in [3.8, 4) is 22.4 Å². The molecule has 2 N–H and O–H groups in total. The highest BCUT2D eigenvalue weighted by atomic mass is 35.5. The fourth-order valence-corrected chi connectivity index (χ4v) is 14.9. The predicted octanol–water partition coefficient (Wildman–Crippen LogP) is 11.7. The molecule has 0 radical (unpaired) electrons. The summed E-state index contributed by atoms with van der Waals surface area (Å²) in [6.07, 6.45) is 1.34. The number of piperidine rings is 1. The maximum absolute atomic E-state index is 15.0. The minimum Gasteiger partial charge on any atom is -0.393 e. The Kier molecular flexibility index (Phi) is 16.8. The number of aromatic nitrogens is 1. The Labute approximate surface area is 450 Å². The number of rotatable bonds is 17. The van der Waals surface area contributed by atoms with Crippen LogP contribution < -0.4 is 25.1 Å². The summed E-state index contributed by atoms with van der Waals surface area (Å²) in [5.74, 6) is -0.433. The fourth-order valence-electron chi connectivity index (χ4n) is 10.5. The SMILES string of the molecule is Cc1c(C(=O)N=O)c(-c2cccc(N3CCN(c4ccc(N5CCO[P@]5(=O)c5ccc(N[C@H](CCN6CCC(O)CC6)CSc6ccccc6)c(S(=O)(=O)C(F)(F)F)c5)cc4)CC3)c2)c(-c2ccc(Cl)cc2)n1C(C)C. The van der Waals surface area contributed by atoms with E-state index in [4.69, 9.17) is 16.1 Å². The Morgan fingerprint density at radius 3 is 2.14 bits per heavy atom. The first-order chi connectivity index (χ1) is 36.4. The van der Waals surface area contributed by atoms with E-state index in [1.807, 2.05) is 99.6 Å². The molecule has 4 heterocycles. The molecule has 0 bridgehead atoms. The number of nitrogens with zero attached hydrogens (tertiary/aromatic N) is 6. The second-order valence-corrected chi connectivity index (χ2v) is 25.3. The lowest BCUT2D eigenvalue weighted by Crippen LogP contribution is -2.46. The second kappa shape index (κ2) is 23.1. The number of alkyl halides is 3. The Bertz CT molecular complexity index is 3210. The number of likely N-dealkylation sites (tertiary alicyclic amines) is 1. The van der Waals surface area contributed by atoms with Crippen molar-refractivity contribution in [3.05, 3.63) is 143 Å². The molecule has 0 saturated carbocycles. The van der Waals surface area contributed by atoms with Crippen molar-refractivity contribution in [3.63, 3.8) is 0 Å². The summed E-state index contributed by atoms with van der Waals surface area (Å²) in [5, 5.41) is 16.4. The van der Waals surface area contributed by atoms with E-state index >= 15 is 0 Å². The van der Waals surface area contributed by atoms with Gasteiger partial charge < -0.3 is 34.2 Å². The lowest BCUT2D eigenvalue weighted by Gasteiger charge is -2.37. The van der Waals surface area contributed by atoms with Gasteiger partial charge in [-0.15, -0.1) is 16.7 Å². The quantitative estimate of drug-likeness (QED) is 0.0506. The van der Waals surface area contributed by atoms with E-state index in [2.05, 4.69) is 29.8 Å². The summed E-state index contributed by atoms with van der Waals surface area (Å²) in [7, 11) is -10.1. The van der Waals surface area contributed by atoms with Gasteiger partial charge in [0.1, 0.15) is 4.90 Å². The van der Waals surface area contributed by atoms with E-state index in [1.165, 1.54) is 28.6 Å². The molecule has 14 nitrogen and oxygen atoms in total. The lowest BCUT2D eigenvalue weighted by molar-refractivity contribution is -0.0435. The van der Waals surface area contributed by atoms with Crippen LogP contribution in [-0.2, 0) is 18.9 Å². The summed E-state index contributed by atoms with van der Waals surface area (Å²) < 4.78 is 94.8. The topological polar surface area (TPSA) is 157 Å². The zero-order valence-electron chi connectivity index (χ0n) is 42.3. The van der Waals surface area contributed by atoms with Gasteiger partial charge in [0, 0.05) is 107 Å². The van der Waals surface area contributed by atoms with Crippen LogP contribution in [0.2, 0.25) is 5.02 Å². The second-order valence-electron chi connectivity index (χ2n) is 19.5. The van der Waals surface area contributed by atoms with Crippen molar-refractivity contribution in [1.82, 2.24) is 9.47 Å². The number of benzene rings is 5. The van der Waals surface area contributed by atoms with Crippen LogP contribution in [0.5, 0.6) is 0 Å². The Hall–Kier alpha value is -5.66. The summed E-state index contributed by atoms with van der Waals surface area (Å²) in [5.41, 5.74) is 0.295. The van der Waals surface area contributed by atoms with Crippen LogP contribution in [0.3, 0.4) is 0 Å². The molecule has 2 atom stereocenters. The summed E-state index contributed by atoms with van der Waals surface area (Å²) >= 11 is 7.78. The number of carbonyl (C=O) groups is 1. The third-order valence-electron chi connectivity index (χ3n) is 14.4. The molecule has 9 rings (SSSR count). The number of carbonyl (C=O) groups excluding carboxylic acids is 1. The van der Waals surface area contributed by atoms with Gasteiger partial charge in [-0.25, -0.2) is 8.42 Å². The zero-order valence-corrected chi connectivity index (χ0v) is 45.6. The summed E-state index contributed by atoms with van der Waals surface area (Å²) in [6, 6.07) is 35.1. The maximum Gasteiger partial charge on any atom is 0.501 e. The highest BCUT2D eigenvalue weighted by Gasteiger charge is 2.49. The molecule has 6 aromatic rings. The first-order valence-corrected chi connectivity index (χ1v) is 29.7. The first-order valence-electron chi connectivity index (χ1n) is 25.3. The Morgan fingerprint density at radius 2 is 1.50 bits per heavy atom.